The van der Waals surface area contributed by atoms with E-state index in [1.807, 2.05) is 25.4 Å². The van der Waals surface area contributed by atoms with Gasteiger partial charge in [-0.05, 0) is 31.4 Å². The Labute approximate surface area is 129 Å². The third-order valence-electron chi connectivity index (χ3n) is 3.99. The van der Waals surface area contributed by atoms with Crippen molar-refractivity contribution in [2.24, 2.45) is 5.41 Å². The maximum Gasteiger partial charge on any atom is 0.212 e. The van der Waals surface area contributed by atoms with Gasteiger partial charge in [0.1, 0.15) is 5.01 Å². The molecular formula is C16H21N3OS. The van der Waals surface area contributed by atoms with Crippen LogP contribution in [0.4, 0.5) is 0 Å². The van der Waals surface area contributed by atoms with E-state index in [-0.39, 0.29) is 0 Å². The SMILES string of the molecule is CNC1CC(C)(C)Cc2nc(-c3ccc(OC)nc3)sc21. The maximum absolute atomic E-state index is 5.11. The molecule has 2 heterocycles. The number of hydrogen-bond donors (Lipinski definition) is 1. The van der Waals surface area contributed by atoms with Crippen LogP contribution in [0.3, 0.4) is 0 Å². The highest BCUT2D eigenvalue weighted by atomic mass is 32.1. The summed E-state index contributed by atoms with van der Waals surface area (Å²) < 4.78 is 5.11. The van der Waals surface area contributed by atoms with Crippen molar-refractivity contribution in [3.05, 3.63) is 28.9 Å². The number of nitrogens with one attached hydrogen (secondary N) is 1. The Morgan fingerprint density at radius 1 is 1.38 bits per heavy atom. The Bertz CT molecular complexity index is 633. The number of ether oxygens (including phenoxy) is 1. The zero-order valence-corrected chi connectivity index (χ0v) is 13.8. The van der Waals surface area contributed by atoms with Crippen LogP contribution in [0.1, 0.15) is 36.9 Å². The van der Waals surface area contributed by atoms with E-state index < -0.39 is 0 Å². The number of fused-ring (bicyclic) bond motifs is 1. The van der Waals surface area contributed by atoms with Crippen molar-refractivity contribution >= 4 is 11.3 Å². The summed E-state index contributed by atoms with van der Waals surface area (Å²) in [7, 11) is 3.66. The third kappa shape index (κ3) is 2.80. The minimum Gasteiger partial charge on any atom is -0.481 e. The van der Waals surface area contributed by atoms with Gasteiger partial charge < -0.3 is 10.1 Å². The van der Waals surface area contributed by atoms with Crippen LogP contribution in [-0.4, -0.2) is 24.1 Å². The third-order valence-corrected chi connectivity index (χ3v) is 5.25. The molecule has 1 aliphatic carbocycles. The van der Waals surface area contributed by atoms with Crippen molar-refractivity contribution in [2.75, 3.05) is 14.2 Å². The number of methoxy groups -OCH3 is 1. The van der Waals surface area contributed by atoms with Crippen LogP contribution in [0.2, 0.25) is 0 Å². The number of hydrogen-bond acceptors (Lipinski definition) is 5. The molecule has 1 unspecified atom stereocenters. The van der Waals surface area contributed by atoms with Crippen LogP contribution in [0.25, 0.3) is 10.6 Å². The second-order valence-corrected chi connectivity index (χ2v) is 7.34. The van der Waals surface area contributed by atoms with Crippen LogP contribution in [-0.2, 0) is 6.42 Å². The lowest BCUT2D eigenvalue weighted by Gasteiger charge is -2.34. The van der Waals surface area contributed by atoms with Gasteiger partial charge in [0.25, 0.3) is 0 Å². The van der Waals surface area contributed by atoms with Gasteiger partial charge in [-0.15, -0.1) is 11.3 Å². The van der Waals surface area contributed by atoms with Crippen LogP contribution < -0.4 is 10.1 Å². The molecule has 1 N–H and O–H groups in total. The first-order valence-electron chi connectivity index (χ1n) is 7.20. The minimum absolute atomic E-state index is 0.296. The van der Waals surface area contributed by atoms with Crippen LogP contribution in [0.5, 0.6) is 5.88 Å². The van der Waals surface area contributed by atoms with Crippen molar-refractivity contribution in [3.8, 4) is 16.5 Å². The summed E-state index contributed by atoms with van der Waals surface area (Å²) in [6.45, 7) is 4.63. The number of aromatic nitrogens is 2. The Morgan fingerprint density at radius 2 is 2.19 bits per heavy atom. The lowest BCUT2D eigenvalue weighted by molar-refractivity contribution is 0.265. The van der Waals surface area contributed by atoms with Crippen molar-refractivity contribution in [1.82, 2.24) is 15.3 Å². The van der Waals surface area contributed by atoms with Gasteiger partial charge in [0.2, 0.25) is 5.88 Å². The molecule has 2 aromatic rings. The van der Waals surface area contributed by atoms with Crippen LogP contribution >= 0.6 is 11.3 Å². The summed E-state index contributed by atoms with van der Waals surface area (Å²) >= 11 is 1.78. The van der Waals surface area contributed by atoms with Gasteiger partial charge in [-0.25, -0.2) is 9.97 Å². The molecule has 2 aromatic heterocycles. The molecule has 0 bridgehead atoms. The number of rotatable bonds is 3. The fourth-order valence-electron chi connectivity index (χ4n) is 2.92. The summed E-state index contributed by atoms with van der Waals surface area (Å²) in [5.41, 5.74) is 2.59. The molecule has 21 heavy (non-hydrogen) atoms. The van der Waals surface area contributed by atoms with Gasteiger partial charge in [0.15, 0.2) is 0 Å². The molecule has 0 aliphatic heterocycles. The molecule has 0 radical (unpaired) electrons. The number of nitrogens with zero attached hydrogens (tertiary/aromatic N) is 2. The maximum atomic E-state index is 5.11. The number of pyridine rings is 1. The molecular weight excluding hydrogens is 282 g/mol. The molecule has 3 rings (SSSR count). The van der Waals surface area contributed by atoms with Gasteiger partial charge >= 0.3 is 0 Å². The second-order valence-electron chi connectivity index (χ2n) is 6.31. The highest BCUT2D eigenvalue weighted by Gasteiger charge is 2.34. The normalized spacial score (nSPS) is 20.1. The molecule has 0 aromatic carbocycles. The largest absolute Gasteiger partial charge is 0.481 e. The molecule has 1 aliphatic rings. The molecule has 5 heteroatoms. The van der Waals surface area contributed by atoms with E-state index in [9.17, 15) is 0 Å². The van der Waals surface area contributed by atoms with E-state index in [1.165, 1.54) is 10.6 Å². The molecule has 0 saturated carbocycles. The van der Waals surface area contributed by atoms with E-state index >= 15 is 0 Å². The quantitative estimate of drug-likeness (QED) is 0.943. The predicted molar refractivity (Wildman–Crippen MR) is 85.8 cm³/mol. The second kappa shape index (κ2) is 5.39. The van der Waals surface area contributed by atoms with E-state index in [4.69, 9.17) is 9.72 Å². The van der Waals surface area contributed by atoms with Gasteiger partial charge in [-0.2, -0.15) is 0 Å². The highest BCUT2D eigenvalue weighted by Crippen LogP contribution is 2.44. The summed E-state index contributed by atoms with van der Waals surface area (Å²) in [4.78, 5) is 10.5. The predicted octanol–water partition coefficient (Wildman–Crippen LogP) is 3.45. The smallest absolute Gasteiger partial charge is 0.212 e. The van der Waals surface area contributed by atoms with E-state index in [1.54, 1.807) is 18.4 Å². The summed E-state index contributed by atoms with van der Waals surface area (Å²) in [5, 5.41) is 4.48. The van der Waals surface area contributed by atoms with Crippen molar-refractivity contribution in [1.29, 1.82) is 0 Å². The summed E-state index contributed by atoms with van der Waals surface area (Å²) in [5.74, 6) is 0.634. The number of thiazole rings is 1. The standard InChI is InChI=1S/C16H21N3OS/c1-16(2)7-11(17-3)14-12(8-16)19-15(21-14)10-5-6-13(20-4)18-9-10/h5-6,9,11,17H,7-8H2,1-4H3. The zero-order chi connectivity index (χ0) is 15.0. The first kappa shape index (κ1) is 14.5. The van der Waals surface area contributed by atoms with Crippen LogP contribution in [0, 0.1) is 5.41 Å². The van der Waals surface area contributed by atoms with Gasteiger partial charge in [-0.1, -0.05) is 13.8 Å². The Morgan fingerprint density at radius 3 is 2.81 bits per heavy atom. The van der Waals surface area contributed by atoms with Crippen LogP contribution in [0.15, 0.2) is 18.3 Å². The molecule has 0 saturated heterocycles. The Balaban J connectivity index is 1.97. The Hall–Kier alpha value is -1.46. The average Bonchev–Trinajstić information content (AvgIpc) is 2.88. The fourth-order valence-corrected chi connectivity index (χ4v) is 4.10. The average molecular weight is 303 g/mol. The topological polar surface area (TPSA) is 47.0 Å². The van der Waals surface area contributed by atoms with Gasteiger partial charge in [0.05, 0.1) is 12.8 Å². The first-order chi connectivity index (χ1) is 10.0. The highest BCUT2D eigenvalue weighted by molar-refractivity contribution is 7.15. The first-order valence-corrected chi connectivity index (χ1v) is 8.01. The molecule has 1 atom stereocenters. The lowest BCUT2D eigenvalue weighted by atomic mass is 9.76. The van der Waals surface area contributed by atoms with Gasteiger partial charge in [0, 0.05) is 28.7 Å². The zero-order valence-electron chi connectivity index (χ0n) is 12.9. The minimum atomic E-state index is 0.296. The summed E-state index contributed by atoms with van der Waals surface area (Å²) in [6.07, 6.45) is 4.03. The van der Waals surface area contributed by atoms with E-state index in [0.717, 1.165) is 23.4 Å². The molecule has 0 amide bonds. The van der Waals surface area contributed by atoms with Gasteiger partial charge in [-0.3, -0.25) is 0 Å². The lowest BCUT2D eigenvalue weighted by Crippen LogP contribution is -2.30. The summed E-state index contributed by atoms with van der Waals surface area (Å²) in [6, 6.07) is 4.31. The molecule has 112 valence electrons. The van der Waals surface area contributed by atoms with Crippen molar-refractivity contribution in [3.63, 3.8) is 0 Å². The van der Waals surface area contributed by atoms with E-state index in [2.05, 4.69) is 24.1 Å². The fraction of sp³-hybridized carbons (Fsp3) is 0.500. The molecule has 4 nitrogen and oxygen atoms in total. The van der Waals surface area contributed by atoms with Crippen molar-refractivity contribution in [2.45, 2.75) is 32.7 Å². The van der Waals surface area contributed by atoms with Crippen molar-refractivity contribution < 1.29 is 4.74 Å². The monoisotopic (exact) mass is 303 g/mol. The van der Waals surface area contributed by atoms with E-state index in [0.29, 0.717) is 17.3 Å². The Kier molecular flexibility index (Phi) is 3.71. The molecule has 0 fully saturated rings. The molecule has 0 spiro atoms.